The summed E-state index contributed by atoms with van der Waals surface area (Å²) in [5.41, 5.74) is 4.33. The molecule has 0 radical (unpaired) electrons. The van der Waals surface area contributed by atoms with Crippen LogP contribution >= 0.6 is 0 Å². The molecule has 0 spiro atoms. The van der Waals surface area contributed by atoms with Crippen LogP contribution in [0.1, 0.15) is 23.1 Å². The van der Waals surface area contributed by atoms with Gasteiger partial charge in [-0.15, -0.1) is 0 Å². The number of amides is 1. The Balaban J connectivity index is 1.65. The van der Waals surface area contributed by atoms with Gasteiger partial charge in [0.1, 0.15) is 0 Å². The Bertz CT molecular complexity index is 887. The Morgan fingerprint density at radius 2 is 1.72 bits per heavy atom. The smallest absolute Gasteiger partial charge is 0.242 e. The number of sulfonamides is 1. The third-order valence-electron chi connectivity index (χ3n) is 4.44. The first-order valence-electron chi connectivity index (χ1n) is 8.29. The van der Waals surface area contributed by atoms with Crippen molar-refractivity contribution < 1.29 is 13.2 Å². The molecule has 1 aliphatic rings. The lowest BCUT2D eigenvalue weighted by Gasteiger charge is -2.12. The second-order valence-corrected chi connectivity index (χ2v) is 8.65. The Kier molecular flexibility index (Phi) is 4.92. The number of rotatable bonds is 5. The minimum atomic E-state index is -3.46. The summed E-state index contributed by atoms with van der Waals surface area (Å²) in [5, 5.41) is 2.82. The number of nitrogens with one attached hydrogen (secondary N) is 1. The van der Waals surface area contributed by atoms with Gasteiger partial charge in [0.2, 0.25) is 15.9 Å². The number of benzene rings is 2. The van der Waals surface area contributed by atoms with E-state index >= 15 is 0 Å². The minimum Gasteiger partial charge on any atom is -0.326 e. The first-order chi connectivity index (χ1) is 11.9. The highest BCUT2D eigenvalue weighted by Crippen LogP contribution is 2.23. The normalized spacial score (nSPS) is 13.7. The van der Waals surface area contributed by atoms with E-state index in [-0.39, 0.29) is 10.8 Å². The molecule has 132 valence electrons. The van der Waals surface area contributed by atoms with Crippen LogP contribution in [0.15, 0.2) is 47.4 Å². The van der Waals surface area contributed by atoms with Crippen LogP contribution in [0.25, 0.3) is 0 Å². The van der Waals surface area contributed by atoms with Gasteiger partial charge in [-0.1, -0.05) is 18.2 Å². The van der Waals surface area contributed by atoms with Gasteiger partial charge in [0.15, 0.2) is 0 Å². The minimum absolute atomic E-state index is 0.110. The van der Waals surface area contributed by atoms with E-state index < -0.39 is 10.0 Å². The average Bonchev–Trinajstić information content (AvgIpc) is 3.02. The first-order valence-corrected chi connectivity index (χ1v) is 9.73. The molecule has 2 aromatic rings. The van der Waals surface area contributed by atoms with Crippen molar-refractivity contribution in [3.8, 4) is 0 Å². The molecular weight excluding hydrogens is 336 g/mol. The van der Waals surface area contributed by atoms with Crippen molar-refractivity contribution in [1.82, 2.24) is 4.31 Å². The summed E-state index contributed by atoms with van der Waals surface area (Å²) in [5.74, 6) is -0.110. The fraction of sp³-hybridized carbons (Fsp3) is 0.316. The summed E-state index contributed by atoms with van der Waals surface area (Å²) in [4.78, 5) is 12.4. The zero-order valence-electron chi connectivity index (χ0n) is 14.5. The molecule has 6 heteroatoms. The van der Waals surface area contributed by atoms with E-state index in [1.165, 1.54) is 43.8 Å². The Labute approximate surface area is 148 Å². The van der Waals surface area contributed by atoms with Crippen LogP contribution in [0.5, 0.6) is 0 Å². The third-order valence-corrected chi connectivity index (χ3v) is 6.27. The van der Waals surface area contributed by atoms with Gasteiger partial charge < -0.3 is 5.32 Å². The average molecular weight is 358 g/mol. The molecule has 25 heavy (non-hydrogen) atoms. The number of carbonyl (C=O) groups is 1. The predicted octanol–water partition coefficient (Wildman–Crippen LogP) is 2.61. The highest BCUT2D eigenvalue weighted by Gasteiger charge is 2.17. The molecule has 0 saturated heterocycles. The number of anilines is 1. The lowest BCUT2D eigenvalue weighted by Crippen LogP contribution is -2.22. The highest BCUT2D eigenvalue weighted by molar-refractivity contribution is 7.89. The maximum absolute atomic E-state index is 12.2. The number of aryl methyl sites for hydroxylation is 2. The molecule has 0 unspecified atom stereocenters. The van der Waals surface area contributed by atoms with Gasteiger partial charge in [0.05, 0.1) is 11.3 Å². The molecule has 1 N–H and O–H groups in total. The van der Waals surface area contributed by atoms with Gasteiger partial charge in [-0.05, 0) is 60.2 Å². The Morgan fingerprint density at radius 3 is 2.40 bits per heavy atom. The first kappa shape index (κ1) is 17.6. The molecule has 0 atom stereocenters. The number of hydrogen-bond donors (Lipinski definition) is 1. The van der Waals surface area contributed by atoms with Crippen molar-refractivity contribution in [3.05, 3.63) is 59.2 Å². The lowest BCUT2D eigenvalue weighted by atomic mass is 10.0. The van der Waals surface area contributed by atoms with Gasteiger partial charge in [-0.3, -0.25) is 4.79 Å². The molecule has 0 heterocycles. The van der Waals surface area contributed by atoms with Gasteiger partial charge >= 0.3 is 0 Å². The molecule has 1 aliphatic carbocycles. The van der Waals surface area contributed by atoms with Gasteiger partial charge in [-0.2, -0.15) is 0 Å². The number of nitrogens with zero attached hydrogens (tertiary/aromatic N) is 1. The van der Waals surface area contributed by atoms with Crippen molar-refractivity contribution in [1.29, 1.82) is 0 Å². The second-order valence-electron chi connectivity index (χ2n) is 6.49. The second kappa shape index (κ2) is 6.98. The molecule has 0 fully saturated rings. The van der Waals surface area contributed by atoms with Gasteiger partial charge in [0, 0.05) is 19.8 Å². The Hall–Kier alpha value is -2.18. The summed E-state index contributed by atoms with van der Waals surface area (Å²) in [6.45, 7) is 0. The van der Waals surface area contributed by atoms with Crippen LogP contribution in [-0.4, -0.2) is 32.7 Å². The quantitative estimate of drug-likeness (QED) is 0.893. The number of carbonyl (C=O) groups excluding carboxylic acids is 1. The Morgan fingerprint density at radius 1 is 1.04 bits per heavy atom. The molecule has 5 nitrogen and oxygen atoms in total. The van der Waals surface area contributed by atoms with Gasteiger partial charge in [-0.25, -0.2) is 12.7 Å². The SMILES string of the molecule is CN(C)S(=O)(=O)c1ccc(NC(=O)Cc2ccc3c(c2)CCC3)cc1. The summed E-state index contributed by atoms with van der Waals surface area (Å²) < 4.78 is 25.2. The van der Waals surface area contributed by atoms with E-state index in [1.807, 2.05) is 6.07 Å². The summed E-state index contributed by atoms with van der Waals surface area (Å²) >= 11 is 0. The predicted molar refractivity (Wildman–Crippen MR) is 98.1 cm³/mol. The molecule has 0 aromatic heterocycles. The highest BCUT2D eigenvalue weighted by atomic mass is 32.2. The summed E-state index contributed by atoms with van der Waals surface area (Å²) in [6.07, 6.45) is 3.72. The molecular formula is C19H22N2O3S. The fourth-order valence-electron chi connectivity index (χ4n) is 3.05. The van der Waals surface area contributed by atoms with Gasteiger partial charge in [0.25, 0.3) is 0 Å². The topological polar surface area (TPSA) is 66.5 Å². The lowest BCUT2D eigenvalue weighted by molar-refractivity contribution is -0.115. The van der Waals surface area contributed by atoms with E-state index in [9.17, 15) is 13.2 Å². The van der Waals surface area contributed by atoms with Crippen LogP contribution in [0.3, 0.4) is 0 Å². The molecule has 0 bridgehead atoms. The zero-order valence-corrected chi connectivity index (χ0v) is 15.3. The summed E-state index contributed by atoms with van der Waals surface area (Å²) in [7, 11) is -0.480. The molecule has 0 aliphatic heterocycles. The van der Waals surface area contributed by atoms with Crippen molar-refractivity contribution in [2.24, 2.45) is 0 Å². The van der Waals surface area contributed by atoms with Crippen LogP contribution in [0, 0.1) is 0 Å². The van der Waals surface area contributed by atoms with E-state index in [2.05, 4.69) is 17.4 Å². The largest absolute Gasteiger partial charge is 0.326 e. The maximum atomic E-state index is 12.2. The van der Waals surface area contributed by atoms with E-state index in [1.54, 1.807) is 12.1 Å². The van der Waals surface area contributed by atoms with E-state index in [0.29, 0.717) is 12.1 Å². The van der Waals surface area contributed by atoms with Crippen LogP contribution in [-0.2, 0) is 34.1 Å². The maximum Gasteiger partial charge on any atom is 0.242 e. The van der Waals surface area contributed by atoms with Crippen molar-refractivity contribution in [3.63, 3.8) is 0 Å². The van der Waals surface area contributed by atoms with Crippen molar-refractivity contribution >= 4 is 21.6 Å². The molecule has 0 saturated carbocycles. The van der Waals surface area contributed by atoms with E-state index in [4.69, 9.17) is 0 Å². The van der Waals surface area contributed by atoms with Crippen LogP contribution in [0.4, 0.5) is 5.69 Å². The van der Waals surface area contributed by atoms with Crippen molar-refractivity contribution in [2.75, 3.05) is 19.4 Å². The standard InChI is InChI=1S/C19H22N2O3S/c1-21(2)25(23,24)18-10-8-17(9-11-18)20-19(22)13-14-6-7-15-4-3-5-16(15)12-14/h6-12H,3-5,13H2,1-2H3,(H,20,22). The zero-order chi connectivity index (χ0) is 18.0. The third kappa shape index (κ3) is 3.91. The monoisotopic (exact) mass is 358 g/mol. The fourth-order valence-corrected chi connectivity index (χ4v) is 3.95. The molecule has 2 aromatic carbocycles. The number of fused-ring (bicyclic) bond motifs is 1. The van der Waals surface area contributed by atoms with Crippen molar-refractivity contribution in [2.45, 2.75) is 30.6 Å². The number of hydrogen-bond acceptors (Lipinski definition) is 3. The molecule has 3 rings (SSSR count). The summed E-state index contributed by atoms with van der Waals surface area (Å²) in [6, 6.07) is 12.5. The van der Waals surface area contributed by atoms with Crippen LogP contribution < -0.4 is 5.32 Å². The van der Waals surface area contributed by atoms with E-state index in [0.717, 1.165) is 22.7 Å². The molecule has 1 amide bonds. The van der Waals surface area contributed by atoms with Crippen LogP contribution in [0.2, 0.25) is 0 Å².